The first-order valence-electron chi connectivity index (χ1n) is 9.81. The zero-order chi connectivity index (χ0) is 19.0. The van der Waals surface area contributed by atoms with Crippen LogP contribution in [-0.2, 0) is 4.79 Å². The molecule has 1 amide bonds. The number of pyridine rings is 1. The number of piperazine rings is 1. The third-order valence-corrected chi connectivity index (χ3v) is 5.98. The smallest absolute Gasteiger partial charge is 0.231 e. The molecule has 0 saturated carbocycles. The van der Waals surface area contributed by atoms with Gasteiger partial charge in [-0.2, -0.15) is 0 Å². The SMILES string of the molecule is CC(C)N1CCN(C(=O)C2CCCN(c3nnc4ccc(Cl)cn34)C2)CC1. The Kier molecular flexibility index (Phi) is 5.23. The van der Waals surface area contributed by atoms with Crippen LogP contribution in [0.1, 0.15) is 26.7 Å². The van der Waals surface area contributed by atoms with Crippen molar-refractivity contribution < 1.29 is 4.79 Å². The van der Waals surface area contributed by atoms with E-state index in [1.54, 1.807) is 0 Å². The molecule has 2 fully saturated rings. The van der Waals surface area contributed by atoms with Crippen molar-refractivity contribution in [2.75, 3.05) is 44.2 Å². The molecule has 146 valence electrons. The molecule has 2 saturated heterocycles. The summed E-state index contributed by atoms with van der Waals surface area (Å²) in [6.45, 7) is 9.60. The molecule has 1 atom stereocenters. The van der Waals surface area contributed by atoms with Gasteiger partial charge in [0, 0.05) is 51.5 Å². The van der Waals surface area contributed by atoms with Crippen molar-refractivity contribution in [1.82, 2.24) is 24.4 Å². The summed E-state index contributed by atoms with van der Waals surface area (Å²) < 4.78 is 1.91. The molecule has 0 aliphatic carbocycles. The molecular formula is C19H27ClN6O. The number of aromatic nitrogens is 3. The largest absolute Gasteiger partial charge is 0.340 e. The van der Waals surface area contributed by atoms with Crippen LogP contribution in [0.4, 0.5) is 5.95 Å². The van der Waals surface area contributed by atoms with Gasteiger partial charge in [-0.3, -0.25) is 14.1 Å². The number of anilines is 1. The predicted octanol–water partition coefficient (Wildman–Crippen LogP) is 2.15. The van der Waals surface area contributed by atoms with Crippen LogP contribution in [0, 0.1) is 5.92 Å². The van der Waals surface area contributed by atoms with Crippen molar-refractivity contribution in [2.24, 2.45) is 5.92 Å². The number of rotatable bonds is 3. The van der Waals surface area contributed by atoms with E-state index in [9.17, 15) is 4.79 Å². The van der Waals surface area contributed by atoms with E-state index in [0.717, 1.165) is 57.2 Å². The first-order chi connectivity index (χ1) is 13.0. The van der Waals surface area contributed by atoms with Crippen LogP contribution < -0.4 is 4.90 Å². The third kappa shape index (κ3) is 3.75. The molecule has 7 nitrogen and oxygen atoms in total. The average Bonchev–Trinajstić information content (AvgIpc) is 3.10. The van der Waals surface area contributed by atoms with Gasteiger partial charge in [0.05, 0.1) is 10.9 Å². The van der Waals surface area contributed by atoms with Crippen LogP contribution in [0.3, 0.4) is 0 Å². The van der Waals surface area contributed by atoms with Gasteiger partial charge in [0.25, 0.3) is 0 Å². The lowest BCUT2D eigenvalue weighted by Crippen LogP contribution is -2.53. The van der Waals surface area contributed by atoms with Crippen molar-refractivity contribution in [1.29, 1.82) is 0 Å². The normalized spacial score (nSPS) is 22.0. The van der Waals surface area contributed by atoms with Gasteiger partial charge in [-0.1, -0.05) is 11.6 Å². The molecule has 0 N–H and O–H groups in total. The fourth-order valence-corrected chi connectivity index (χ4v) is 4.31. The summed E-state index contributed by atoms with van der Waals surface area (Å²) in [5, 5.41) is 9.22. The lowest BCUT2D eigenvalue weighted by molar-refractivity contribution is -0.137. The van der Waals surface area contributed by atoms with Gasteiger partial charge < -0.3 is 9.80 Å². The maximum absolute atomic E-state index is 13.1. The summed E-state index contributed by atoms with van der Waals surface area (Å²) in [6, 6.07) is 4.22. The minimum atomic E-state index is 0.0240. The van der Waals surface area contributed by atoms with Crippen molar-refractivity contribution in [3.8, 4) is 0 Å². The number of fused-ring (bicyclic) bond motifs is 1. The van der Waals surface area contributed by atoms with Gasteiger partial charge in [0.1, 0.15) is 0 Å². The van der Waals surface area contributed by atoms with E-state index < -0.39 is 0 Å². The lowest BCUT2D eigenvalue weighted by Gasteiger charge is -2.40. The number of carbonyl (C=O) groups is 1. The highest BCUT2D eigenvalue weighted by molar-refractivity contribution is 6.30. The highest BCUT2D eigenvalue weighted by Crippen LogP contribution is 2.25. The van der Waals surface area contributed by atoms with E-state index in [1.165, 1.54) is 0 Å². The monoisotopic (exact) mass is 390 g/mol. The molecule has 1 unspecified atom stereocenters. The Hall–Kier alpha value is -1.86. The van der Waals surface area contributed by atoms with Gasteiger partial charge in [-0.15, -0.1) is 10.2 Å². The zero-order valence-electron chi connectivity index (χ0n) is 16.0. The highest BCUT2D eigenvalue weighted by atomic mass is 35.5. The van der Waals surface area contributed by atoms with Crippen molar-refractivity contribution in [3.05, 3.63) is 23.4 Å². The number of hydrogen-bond acceptors (Lipinski definition) is 5. The minimum Gasteiger partial charge on any atom is -0.340 e. The molecule has 2 aliphatic heterocycles. The van der Waals surface area contributed by atoms with Crippen LogP contribution >= 0.6 is 11.6 Å². The number of nitrogens with zero attached hydrogens (tertiary/aromatic N) is 6. The second-order valence-electron chi connectivity index (χ2n) is 7.82. The number of piperidine rings is 1. The molecule has 4 rings (SSSR count). The number of hydrogen-bond donors (Lipinski definition) is 0. The number of halogens is 1. The summed E-state index contributed by atoms with van der Waals surface area (Å²) in [7, 11) is 0. The van der Waals surface area contributed by atoms with Crippen molar-refractivity contribution >= 4 is 29.1 Å². The molecule has 2 aliphatic rings. The Morgan fingerprint density at radius 1 is 1.15 bits per heavy atom. The highest BCUT2D eigenvalue weighted by Gasteiger charge is 2.32. The molecule has 0 spiro atoms. The lowest BCUT2D eigenvalue weighted by atomic mass is 9.96. The summed E-state index contributed by atoms with van der Waals surface area (Å²) >= 11 is 6.14. The minimum absolute atomic E-state index is 0.0240. The second-order valence-corrected chi connectivity index (χ2v) is 8.25. The predicted molar refractivity (Wildman–Crippen MR) is 106 cm³/mol. The topological polar surface area (TPSA) is 57.0 Å². The van der Waals surface area contributed by atoms with Gasteiger partial charge >= 0.3 is 0 Å². The number of amides is 1. The Balaban J connectivity index is 1.45. The fourth-order valence-electron chi connectivity index (χ4n) is 4.15. The standard InChI is InChI=1S/C19H27ClN6O/c1-14(2)23-8-10-24(11-9-23)18(27)15-4-3-7-25(12-15)19-22-21-17-6-5-16(20)13-26(17)19/h5-6,13-15H,3-4,7-12H2,1-2H3. The van der Waals surface area contributed by atoms with Crippen molar-refractivity contribution in [3.63, 3.8) is 0 Å². The van der Waals surface area contributed by atoms with Crippen LogP contribution in [0.15, 0.2) is 18.3 Å². The first kappa shape index (κ1) is 18.5. The fraction of sp³-hybridized carbons (Fsp3) is 0.632. The van der Waals surface area contributed by atoms with Crippen LogP contribution in [-0.4, -0.2) is 75.6 Å². The Morgan fingerprint density at radius 3 is 2.67 bits per heavy atom. The van der Waals surface area contributed by atoms with Gasteiger partial charge in [-0.25, -0.2) is 0 Å². The Bertz CT molecular complexity index is 814. The maximum atomic E-state index is 13.1. The second kappa shape index (κ2) is 7.64. The molecule has 4 heterocycles. The van der Waals surface area contributed by atoms with E-state index in [4.69, 9.17) is 11.6 Å². The summed E-state index contributed by atoms with van der Waals surface area (Å²) in [4.78, 5) is 19.7. The van der Waals surface area contributed by atoms with E-state index in [1.807, 2.05) is 27.6 Å². The number of carbonyl (C=O) groups excluding carboxylic acids is 1. The van der Waals surface area contributed by atoms with Crippen molar-refractivity contribution in [2.45, 2.75) is 32.7 Å². The third-order valence-electron chi connectivity index (χ3n) is 5.76. The zero-order valence-corrected chi connectivity index (χ0v) is 16.8. The average molecular weight is 391 g/mol. The Morgan fingerprint density at radius 2 is 1.93 bits per heavy atom. The van der Waals surface area contributed by atoms with E-state index in [0.29, 0.717) is 17.6 Å². The summed E-state index contributed by atoms with van der Waals surface area (Å²) in [5.74, 6) is 1.08. The summed E-state index contributed by atoms with van der Waals surface area (Å²) in [5.41, 5.74) is 0.771. The van der Waals surface area contributed by atoms with E-state index in [-0.39, 0.29) is 11.8 Å². The van der Waals surface area contributed by atoms with Crippen LogP contribution in [0.25, 0.3) is 5.65 Å². The summed E-state index contributed by atoms with van der Waals surface area (Å²) in [6.07, 6.45) is 3.76. The molecule has 8 heteroatoms. The molecule has 2 aromatic heterocycles. The molecule has 0 radical (unpaired) electrons. The molecule has 27 heavy (non-hydrogen) atoms. The molecule has 0 bridgehead atoms. The van der Waals surface area contributed by atoms with Gasteiger partial charge in [0.2, 0.25) is 11.9 Å². The molecular weight excluding hydrogens is 364 g/mol. The van der Waals surface area contributed by atoms with Gasteiger partial charge in [0.15, 0.2) is 5.65 Å². The Labute approximate surface area is 164 Å². The molecule has 0 aromatic carbocycles. The van der Waals surface area contributed by atoms with E-state index in [2.05, 4.69) is 33.8 Å². The van der Waals surface area contributed by atoms with Gasteiger partial charge in [-0.05, 0) is 38.8 Å². The van der Waals surface area contributed by atoms with E-state index >= 15 is 0 Å². The molecule has 2 aromatic rings. The van der Waals surface area contributed by atoms with Crippen LogP contribution in [0.2, 0.25) is 5.02 Å². The quantitative estimate of drug-likeness (QED) is 0.803. The van der Waals surface area contributed by atoms with Crippen LogP contribution in [0.5, 0.6) is 0 Å². The first-order valence-corrected chi connectivity index (χ1v) is 10.2. The maximum Gasteiger partial charge on any atom is 0.231 e.